The highest BCUT2D eigenvalue weighted by atomic mass is 16.2. The molecule has 22 heavy (non-hydrogen) atoms. The lowest BCUT2D eigenvalue weighted by molar-refractivity contribution is -0.121. The van der Waals surface area contributed by atoms with Crippen molar-refractivity contribution in [2.45, 2.75) is 70.4 Å². The number of hydrogen-bond donors (Lipinski definition) is 3. The van der Waals surface area contributed by atoms with Gasteiger partial charge in [-0.05, 0) is 70.1 Å². The number of carbonyl (C=O) groups excluding carboxylic acids is 2. The van der Waals surface area contributed by atoms with E-state index in [0.29, 0.717) is 13.0 Å². The summed E-state index contributed by atoms with van der Waals surface area (Å²) in [6, 6.07) is 0.0487. The number of urea groups is 1. The zero-order valence-corrected chi connectivity index (χ0v) is 13.8. The summed E-state index contributed by atoms with van der Waals surface area (Å²) in [5, 5.41) is 8.94. The lowest BCUT2D eigenvalue weighted by atomic mass is 9.53. The molecule has 0 saturated heterocycles. The van der Waals surface area contributed by atoms with Crippen molar-refractivity contribution in [1.82, 2.24) is 16.0 Å². The Kier molecular flexibility index (Phi) is 4.33. The number of nitrogens with one attached hydrogen (secondary N) is 3. The summed E-state index contributed by atoms with van der Waals surface area (Å²) >= 11 is 0. The fourth-order valence-corrected chi connectivity index (χ4v) is 5.23. The average Bonchev–Trinajstić information content (AvgIpc) is 2.34. The van der Waals surface area contributed by atoms with Crippen LogP contribution in [0.1, 0.15) is 58.8 Å². The molecule has 3 N–H and O–H groups in total. The average molecular weight is 307 g/mol. The Morgan fingerprint density at radius 3 is 2.09 bits per heavy atom. The molecule has 0 aromatic heterocycles. The zero-order valence-electron chi connectivity index (χ0n) is 13.8. The van der Waals surface area contributed by atoms with Crippen LogP contribution in [0.3, 0.4) is 0 Å². The molecule has 4 saturated carbocycles. The fraction of sp³-hybridized carbons (Fsp3) is 0.882. The van der Waals surface area contributed by atoms with Gasteiger partial charge in [0.15, 0.2) is 0 Å². The molecule has 5 nitrogen and oxygen atoms in total. The van der Waals surface area contributed by atoms with E-state index < -0.39 is 0 Å². The van der Waals surface area contributed by atoms with E-state index in [-0.39, 0.29) is 23.5 Å². The molecule has 0 aliphatic heterocycles. The predicted octanol–water partition coefficient (Wildman–Crippen LogP) is 2.17. The molecule has 0 spiro atoms. The smallest absolute Gasteiger partial charge is 0.315 e. The van der Waals surface area contributed by atoms with Crippen molar-refractivity contribution in [2.24, 2.45) is 17.8 Å². The van der Waals surface area contributed by atoms with Gasteiger partial charge in [-0.3, -0.25) is 4.79 Å². The Bertz CT molecular complexity index is 412. The Morgan fingerprint density at radius 2 is 1.59 bits per heavy atom. The van der Waals surface area contributed by atoms with Crippen LogP contribution in [0.4, 0.5) is 4.79 Å². The minimum atomic E-state index is -0.0979. The predicted molar refractivity (Wildman–Crippen MR) is 85.3 cm³/mol. The first-order chi connectivity index (χ1) is 10.4. The summed E-state index contributed by atoms with van der Waals surface area (Å²) in [5.41, 5.74) is 0.0407. The normalized spacial score (nSPS) is 35.5. The molecule has 4 aliphatic rings. The maximum atomic E-state index is 12.2. The van der Waals surface area contributed by atoms with Gasteiger partial charge in [0.25, 0.3) is 0 Å². The van der Waals surface area contributed by atoms with Crippen LogP contribution in [0.5, 0.6) is 0 Å². The van der Waals surface area contributed by atoms with E-state index in [2.05, 4.69) is 16.0 Å². The number of amides is 3. The first kappa shape index (κ1) is 15.6. The highest BCUT2D eigenvalue weighted by Gasteiger charge is 2.51. The van der Waals surface area contributed by atoms with Crippen LogP contribution in [0.15, 0.2) is 0 Å². The quantitative estimate of drug-likeness (QED) is 0.728. The van der Waals surface area contributed by atoms with Gasteiger partial charge in [0.05, 0.1) is 0 Å². The van der Waals surface area contributed by atoms with Crippen molar-refractivity contribution in [3.05, 3.63) is 0 Å². The largest absolute Gasteiger partial charge is 0.354 e. The van der Waals surface area contributed by atoms with Crippen molar-refractivity contribution in [3.63, 3.8) is 0 Å². The third-order valence-electron chi connectivity index (χ3n) is 5.50. The van der Waals surface area contributed by atoms with Crippen molar-refractivity contribution < 1.29 is 9.59 Å². The second kappa shape index (κ2) is 6.09. The summed E-state index contributed by atoms with van der Waals surface area (Å²) in [7, 11) is 0. The van der Waals surface area contributed by atoms with E-state index in [4.69, 9.17) is 0 Å². The Morgan fingerprint density at radius 1 is 1.05 bits per heavy atom. The standard InChI is InChI=1S/C17H29N3O2/c1-11(2)19-15(21)3-4-18-16(22)20-17-8-12-5-13(9-17)7-14(6-12)10-17/h11-14H,3-10H2,1-2H3,(H,19,21)(H2,18,20,22). The molecule has 0 aromatic carbocycles. The van der Waals surface area contributed by atoms with E-state index in [1.54, 1.807) is 0 Å². The molecule has 0 atom stereocenters. The van der Waals surface area contributed by atoms with E-state index in [1.165, 1.54) is 19.3 Å². The molecule has 4 aliphatic carbocycles. The van der Waals surface area contributed by atoms with Crippen LogP contribution in [0.2, 0.25) is 0 Å². The van der Waals surface area contributed by atoms with Crippen molar-refractivity contribution in [3.8, 4) is 0 Å². The summed E-state index contributed by atoms with van der Waals surface area (Å²) in [6.45, 7) is 4.27. The minimum absolute atomic E-state index is 0.00916. The number of rotatable bonds is 5. The Balaban J connectivity index is 1.43. The second-order valence-electron chi connectivity index (χ2n) is 8.05. The minimum Gasteiger partial charge on any atom is -0.354 e. The monoisotopic (exact) mass is 307 g/mol. The zero-order chi connectivity index (χ0) is 15.7. The first-order valence-electron chi connectivity index (χ1n) is 8.79. The van der Waals surface area contributed by atoms with Crippen LogP contribution in [-0.4, -0.2) is 30.1 Å². The van der Waals surface area contributed by atoms with Crippen molar-refractivity contribution in [1.29, 1.82) is 0 Å². The van der Waals surface area contributed by atoms with Crippen LogP contribution < -0.4 is 16.0 Å². The Hall–Kier alpha value is -1.26. The van der Waals surface area contributed by atoms with E-state index in [0.717, 1.165) is 37.0 Å². The molecule has 0 aromatic rings. The van der Waals surface area contributed by atoms with Gasteiger partial charge in [-0.2, -0.15) is 0 Å². The molecule has 4 fully saturated rings. The number of carbonyl (C=O) groups is 2. The molecule has 5 heteroatoms. The van der Waals surface area contributed by atoms with Crippen LogP contribution in [0.25, 0.3) is 0 Å². The van der Waals surface area contributed by atoms with E-state index in [9.17, 15) is 9.59 Å². The summed E-state index contributed by atoms with van der Waals surface area (Å²) < 4.78 is 0. The van der Waals surface area contributed by atoms with E-state index >= 15 is 0 Å². The summed E-state index contributed by atoms with van der Waals surface area (Å²) in [5.74, 6) is 2.46. The topological polar surface area (TPSA) is 70.2 Å². The van der Waals surface area contributed by atoms with Gasteiger partial charge >= 0.3 is 6.03 Å². The SMILES string of the molecule is CC(C)NC(=O)CCNC(=O)NC12CC3CC(CC(C3)C1)C2. The van der Waals surface area contributed by atoms with Crippen LogP contribution in [-0.2, 0) is 4.79 Å². The number of hydrogen-bond acceptors (Lipinski definition) is 2. The maximum absolute atomic E-state index is 12.2. The molecule has 0 heterocycles. The molecular formula is C17H29N3O2. The van der Waals surface area contributed by atoms with Gasteiger partial charge in [0.1, 0.15) is 0 Å². The fourth-order valence-electron chi connectivity index (χ4n) is 5.23. The highest BCUT2D eigenvalue weighted by molar-refractivity contribution is 5.78. The molecule has 4 rings (SSSR count). The van der Waals surface area contributed by atoms with Gasteiger partial charge in [0, 0.05) is 24.5 Å². The highest BCUT2D eigenvalue weighted by Crippen LogP contribution is 2.55. The van der Waals surface area contributed by atoms with Crippen molar-refractivity contribution in [2.75, 3.05) is 6.54 Å². The molecular weight excluding hydrogens is 278 g/mol. The third-order valence-corrected chi connectivity index (χ3v) is 5.50. The van der Waals surface area contributed by atoms with Crippen molar-refractivity contribution >= 4 is 11.9 Å². The summed E-state index contributed by atoms with van der Waals surface area (Å²) in [4.78, 5) is 23.7. The lowest BCUT2D eigenvalue weighted by Crippen LogP contribution is -2.61. The first-order valence-corrected chi connectivity index (χ1v) is 8.79. The van der Waals surface area contributed by atoms with Gasteiger partial charge in [0.2, 0.25) is 5.91 Å². The van der Waals surface area contributed by atoms with Crippen LogP contribution in [0, 0.1) is 17.8 Å². The molecule has 0 radical (unpaired) electrons. The lowest BCUT2D eigenvalue weighted by Gasteiger charge is -2.56. The van der Waals surface area contributed by atoms with Gasteiger partial charge in [-0.1, -0.05) is 0 Å². The molecule has 124 valence electrons. The van der Waals surface area contributed by atoms with Gasteiger partial charge in [-0.25, -0.2) is 4.79 Å². The van der Waals surface area contributed by atoms with Gasteiger partial charge < -0.3 is 16.0 Å². The summed E-state index contributed by atoms with van der Waals surface area (Å²) in [6.07, 6.45) is 7.92. The Labute approximate surface area is 133 Å². The van der Waals surface area contributed by atoms with Gasteiger partial charge in [-0.15, -0.1) is 0 Å². The maximum Gasteiger partial charge on any atom is 0.315 e. The molecule has 0 unspecified atom stereocenters. The van der Waals surface area contributed by atoms with E-state index in [1.807, 2.05) is 13.8 Å². The second-order valence-corrected chi connectivity index (χ2v) is 8.05. The molecule has 3 amide bonds. The third kappa shape index (κ3) is 3.55. The van der Waals surface area contributed by atoms with Crippen LogP contribution >= 0.6 is 0 Å². The molecule has 4 bridgehead atoms.